The van der Waals surface area contributed by atoms with E-state index in [0.717, 1.165) is 10.1 Å². The second kappa shape index (κ2) is 8.70. The van der Waals surface area contributed by atoms with Gasteiger partial charge in [0.05, 0.1) is 19.3 Å². The van der Waals surface area contributed by atoms with Crippen molar-refractivity contribution in [1.82, 2.24) is 29.7 Å². The second-order valence-electron chi connectivity index (χ2n) is 8.71. The molecule has 1 aliphatic rings. The summed E-state index contributed by atoms with van der Waals surface area (Å²) >= 11 is 5.91. The molecule has 1 aromatic carbocycles. The minimum atomic E-state index is -1.45. The second-order valence-corrected chi connectivity index (χ2v) is 9.14. The Morgan fingerprint density at radius 3 is 2.57 bits per heavy atom. The predicted octanol–water partition coefficient (Wildman–Crippen LogP) is 2.49. The monoisotopic (exact) mass is 494 g/mol. The first kappa shape index (κ1) is 22.9. The Balaban J connectivity index is 1.55. The molecule has 5 rings (SSSR count). The third-order valence-corrected chi connectivity index (χ3v) is 6.10. The van der Waals surface area contributed by atoms with E-state index in [1.807, 2.05) is 0 Å². The van der Waals surface area contributed by atoms with Crippen LogP contribution in [0, 0.1) is 0 Å². The number of amides is 2. The minimum absolute atomic E-state index is 0.0539. The molecule has 0 radical (unpaired) electrons. The normalized spacial score (nSPS) is 14.7. The molecule has 4 heterocycles. The molecule has 11 heteroatoms. The number of alkyl halides is 1. The van der Waals surface area contributed by atoms with Crippen LogP contribution in [0.2, 0.25) is 5.02 Å². The highest BCUT2D eigenvalue weighted by Crippen LogP contribution is 2.25. The average molecular weight is 495 g/mol. The van der Waals surface area contributed by atoms with Crippen molar-refractivity contribution in [2.24, 2.45) is 0 Å². The number of benzene rings is 1. The average Bonchev–Trinajstić information content (AvgIpc) is 2.83. The molecule has 1 N–H and O–H groups in total. The summed E-state index contributed by atoms with van der Waals surface area (Å²) in [5.74, 6) is -1.06. The maximum atomic E-state index is 13.9. The van der Waals surface area contributed by atoms with Gasteiger partial charge in [-0.3, -0.25) is 28.9 Å². The number of carbonyl (C=O) groups excluding carboxylic acids is 2. The molecule has 1 fully saturated rings. The van der Waals surface area contributed by atoms with Crippen LogP contribution in [0.1, 0.15) is 22.8 Å². The zero-order valence-electron chi connectivity index (χ0n) is 18.7. The van der Waals surface area contributed by atoms with Crippen molar-refractivity contribution in [3.63, 3.8) is 0 Å². The fourth-order valence-electron chi connectivity index (χ4n) is 4.09. The molecule has 3 aromatic heterocycles. The Labute approximate surface area is 203 Å². The van der Waals surface area contributed by atoms with Crippen molar-refractivity contribution in [3.05, 3.63) is 75.4 Å². The van der Waals surface area contributed by atoms with Crippen molar-refractivity contribution in [2.45, 2.75) is 25.7 Å². The standard InChI is InChI=1S/C24H20ClFN6O3/c1-24(26)12-31(13-24)19(33)11-32-21-16(20-18(10-29-21)27-6-7-28-20)8-17(23(32)35)22(34)30-9-14-2-4-15(25)5-3-14/h2-8,10H,9,11-13H2,1H3,(H,30,34). The summed E-state index contributed by atoms with van der Waals surface area (Å²) in [7, 11) is 0. The molecule has 9 nitrogen and oxygen atoms in total. The summed E-state index contributed by atoms with van der Waals surface area (Å²) in [5, 5.41) is 3.70. The van der Waals surface area contributed by atoms with E-state index in [0.29, 0.717) is 21.4 Å². The predicted molar refractivity (Wildman–Crippen MR) is 128 cm³/mol. The lowest BCUT2D eigenvalue weighted by atomic mass is 9.99. The Kier molecular flexibility index (Phi) is 5.68. The molecule has 1 aliphatic heterocycles. The van der Waals surface area contributed by atoms with Crippen molar-refractivity contribution in [3.8, 4) is 0 Å². The van der Waals surface area contributed by atoms with Gasteiger partial charge >= 0.3 is 0 Å². The minimum Gasteiger partial charge on any atom is -0.348 e. The smallest absolute Gasteiger partial charge is 0.265 e. The van der Waals surface area contributed by atoms with Gasteiger partial charge in [0.15, 0.2) is 0 Å². The van der Waals surface area contributed by atoms with Gasteiger partial charge in [-0.05, 0) is 30.7 Å². The third kappa shape index (κ3) is 4.44. The molecule has 35 heavy (non-hydrogen) atoms. The van der Waals surface area contributed by atoms with Gasteiger partial charge in [-0.25, -0.2) is 9.37 Å². The maximum Gasteiger partial charge on any atom is 0.265 e. The van der Waals surface area contributed by atoms with E-state index in [1.54, 1.807) is 24.3 Å². The van der Waals surface area contributed by atoms with Crippen molar-refractivity contribution in [1.29, 1.82) is 0 Å². The van der Waals surface area contributed by atoms with E-state index in [2.05, 4.69) is 20.3 Å². The molecule has 1 saturated heterocycles. The quantitative estimate of drug-likeness (QED) is 0.427. The van der Waals surface area contributed by atoms with Gasteiger partial charge in [-0.1, -0.05) is 23.7 Å². The van der Waals surface area contributed by atoms with E-state index in [1.165, 1.54) is 36.5 Å². The van der Waals surface area contributed by atoms with Crippen LogP contribution >= 0.6 is 11.6 Å². The lowest BCUT2D eigenvalue weighted by Gasteiger charge is -2.42. The fraction of sp³-hybridized carbons (Fsp3) is 0.250. The molecule has 2 amide bonds. The Bertz CT molecular complexity index is 1530. The van der Waals surface area contributed by atoms with Gasteiger partial charge in [0.25, 0.3) is 11.5 Å². The Morgan fingerprint density at radius 1 is 1.14 bits per heavy atom. The zero-order valence-corrected chi connectivity index (χ0v) is 19.4. The maximum absolute atomic E-state index is 13.9. The number of halogens is 2. The fourth-order valence-corrected chi connectivity index (χ4v) is 4.22. The first-order valence-electron chi connectivity index (χ1n) is 10.8. The van der Waals surface area contributed by atoms with E-state index in [-0.39, 0.29) is 37.4 Å². The number of hydrogen-bond donors (Lipinski definition) is 1. The van der Waals surface area contributed by atoms with Gasteiger partial charge < -0.3 is 10.2 Å². The molecule has 4 aromatic rings. The number of aromatic nitrogens is 4. The molecule has 0 spiro atoms. The number of hydrogen-bond acceptors (Lipinski definition) is 6. The highest BCUT2D eigenvalue weighted by Gasteiger charge is 2.41. The summed E-state index contributed by atoms with van der Waals surface area (Å²) in [6.45, 7) is 1.09. The van der Waals surface area contributed by atoms with Crippen LogP contribution in [0.3, 0.4) is 0 Å². The lowest BCUT2D eigenvalue weighted by molar-refractivity contribution is -0.144. The molecule has 178 valence electrons. The number of nitrogens with zero attached hydrogens (tertiary/aromatic N) is 5. The van der Waals surface area contributed by atoms with Crippen LogP contribution in [-0.2, 0) is 17.9 Å². The number of carbonyl (C=O) groups is 2. The largest absolute Gasteiger partial charge is 0.348 e. The molecular formula is C24H20ClFN6O3. The van der Waals surface area contributed by atoms with Crippen molar-refractivity contribution >= 4 is 45.5 Å². The van der Waals surface area contributed by atoms with Crippen LogP contribution in [0.15, 0.2) is 53.7 Å². The summed E-state index contributed by atoms with van der Waals surface area (Å²) in [5.41, 5.74) is -0.406. The van der Waals surface area contributed by atoms with E-state index in [4.69, 9.17) is 11.6 Å². The molecule has 0 unspecified atom stereocenters. The first-order valence-corrected chi connectivity index (χ1v) is 11.2. The number of pyridine rings is 2. The van der Waals surface area contributed by atoms with Crippen molar-refractivity contribution < 1.29 is 14.0 Å². The lowest BCUT2D eigenvalue weighted by Crippen LogP contribution is -2.60. The number of likely N-dealkylation sites (tertiary alicyclic amines) is 1. The highest BCUT2D eigenvalue weighted by molar-refractivity contribution is 6.30. The van der Waals surface area contributed by atoms with Gasteiger partial charge in [0, 0.05) is 29.3 Å². The number of fused-ring (bicyclic) bond motifs is 3. The van der Waals surface area contributed by atoms with Crippen molar-refractivity contribution in [2.75, 3.05) is 13.1 Å². The van der Waals surface area contributed by atoms with Crippen LogP contribution < -0.4 is 10.9 Å². The van der Waals surface area contributed by atoms with Crippen LogP contribution in [0.25, 0.3) is 22.1 Å². The molecule has 0 atom stereocenters. The molecule has 0 saturated carbocycles. The first-order chi connectivity index (χ1) is 16.7. The topological polar surface area (TPSA) is 110 Å². The number of nitrogens with one attached hydrogen (secondary N) is 1. The van der Waals surface area contributed by atoms with Crippen LogP contribution in [0.5, 0.6) is 0 Å². The van der Waals surface area contributed by atoms with Gasteiger partial charge in [-0.2, -0.15) is 0 Å². The zero-order chi connectivity index (χ0) is 24.7. The summed E-state index contributed by atoms with van der Waals surface area (Å²) in [6.07, 6.45) is 4.45. The summed E-state index contributed by atoms with van der Waals surface area (Å²) in [6, 6.07) is 8.35. The van der Waals surface area contributed by atoms with Gasteiger partial charge in [0.1, 0.15) is 34.5 Å². The van der Waals surface area contributed by atoms with E-state index < -0.39 is 23.0 Å². The summed E-state index contributed by atoms with van der Waals surface area (Å²) in [4.78, 5) is 53.4. The summed E-state index contributed by atoms with van der Waals surface area (Å²) < 4.78 is 15.1. The molecule has 0 aliphatic carbocycles. The van der Waals surface area contributed by atoms with Crippen LogP contribution in [-0.4, -0.2) is 55.0 Å². The SMILES string of the molecule is CC1(F)CN(C(=O)Cn2c(=O)c(C(=O)NCc3ccc(Cl)cc3)cc3c4nccnc4cnc32)C1. The third-order valence-electron chi connectivity index (χ3n) is 5.85. The van der Waals surface area contributed by atoms with Gasteiger partial charge in [0.2, 0.25) is 5.91 Å². The number of rotatable bonds is 5. The highest BCUT2D eigenvalue weighted by atomic mass is 35.5. The Morgan fingerprint density at radius 2 is 1.86 bits per heavy atom. The molecular weight excluding hydrogens is 475 g/mol. The van der Waals surface area contributed by atoms with E-state index in [9.17, 15) is 18.8 Å². The Hall–Kier alpha value is -3.92. The molecule has 0 bridgehead atoms. The van der Waals surface area contributed by atoms with E-state index >= 15 is 0 Å². The van der Waals surface area contributed by atoms with Crippen LogP contribution in [0.4, 0.5) is 4.39 Å². The van der Waals surface area contributed by atoms with Gasteiger partial charge in [-0.15, -0.1) is 0 Å².